The van der Waals surface area contributed by atoms with Gasteiger partial charge in [0.1, 0.15) is 11.6 Å². The first-order valence-electron chi connectivity index (χ1n) is 7.66. The summed E-state index contributed by atoms with van der Waals surface area (Å²) in [6.07, 6.45) is 0. The summed E-state index contributed by atoms with van der Waals surface area (Å²) in [7, 11) is 1.59. The number of nitrogens with zero attached hydrogens (tertiary/aromatic N) is 4. The van der Waals surface area contributed by atoms with Gasteiger partial charge in [-0.2, -0.15) is 0 Å². The summed E-state index contributed by atoms with van der Waals surface area (Å²) in [5, 5.41) is 13.4. The highest BCUT2D eigenvalue weighted by Crippen LogP contribution is 2.28. The lowest BCUT2D eigenvalue weighted by Crippen LogP contribution is -2.04. The topological polar surface area (TPSA) is 98.0 Å². The lowest BCUT2D eigenvalue weighted by atomic mass is 10.3. The normalized spacial score (nSPS) is 10.7. The van der Waals surface area contributed by atoms with Gasteiger partial charge >= 0.3 is 0 Å². The Morgan fingerprint density at radius 2 is 1.54 bits per heavy atom. The van der Waals surface area contributed by atoms with Gasteiger partial charge in [-0.1, -0.05) is 12.1 Å². The first-order valence-corrected chi connectivity index (χ1v) is 7.66. The third-order valence-electron chi connectivity index (χ3n) is 3.59. The van der Waals surface area contributed by atoms with Crippen LogP contribution in [0.1, 0.15) is 0 Å². The molecule has 0 radical (unpaired) electrons. The number of methoxy groups -OCH3 is 1. The molecule has 2 N–H and O–H groups in total. The maximum Gasteiger partial charge on any atom is 0.245 e. The number of hydrogen-bond donors (Lipinski definition) is 2. The zero-order valence-corrected chi connectivity index (χ0v) is 13.6. The monoisotopic (exact) mass is 352 g/mol. The van der Waals surface area contributed by atoms with Gasteiger partial charge in [0.2, 0.25) is 11.3 Å². The predicted octanol–water partition coefficient (Wildman–Crippen LogP) is 3.65. The molecular weight excluding hydrogens is 339 g/mol. The highest BCUT2D eigenvalue weighted by atomic mass is 19.1. The number of anilines is 4. The minimum atomic E-state index is -0.414. The molecule has 2 heterocycles. The Labute approximate surface area is 147 Å². The van der Waals surface area contributed by atoms with Crippen molar-refractivity contribution in [1.82, 2.24) is 20.3 Å². The van der Waals surface area contributed by atoms with Gasteiger partial charge in [0, 0.05) is 5.69 Å². The molecule has 0 saturated heterocycles. The van der Waals surface area contributed by atoms with E-state index in [0.29, 0.717) is 5.82 Å². The fraction of sp³-hybridized carbons (Fsp3) is 0.0588. The van der Waals surface area contributed by atoms with E-state index < -0.39 is 5.82 Å². The summed E-state index contributed by atoms with van der Waals surface area (Å²) in [5.41, 5.74) is 1.45. The zero-order chi connectivity index (χ0) is 17.9. The van der Waals surface area contributed by atoms with Crippen molar-refractivity contribution < 1.29 is 13.8 Å². The predicted molar refractivity (Wildman–Crippen MR) is 93.4 cm³/mol. The van der Waals surface area contributed by atoms with Crippen LogP contribution >= 0.6 is 0 Å². The maximum absolute atomic E-state index is 14.0. The van der Waals surface area contributed by atoms with Crippen LogP contribution in [0.15, 0.2) is 53.2 Å². The lowest BCUT2D eigenvalue weighted by molar-refractivity contribution is 0.314. The Bertz CT molecular complexity index is 1050. The first kappa shape index (κ1) is 15.8. The van der Waals surface area contributed by atoms with Crippen LogP contribution in [0.25, 0.3) is 11.3 Å². The molecule has 8 nitrogen and oxygen atoms in total. The molecule has 2 aromatic heterocycles. The van der Waals surface area contributed by atoms with Gasteiger partial charge < -0.3 is 15.4 Å². The van der Waals surface area contributed by atoms with E-state index in [9.17, 15) is 4.39 Å². The largest absolute Gasteiger partial charge is 0.497 e. The molecule has 0 aliphatic heterocycles. The Balaban J connectivity index is 1.72. The fourth-order valence-corrected chi connectivity index (χ4v) is 2.31. The molecule has 0 aliphatic carbocycles. The molecule has 0 bridgehead atoms. The second kappa shape index (κ2) is 6.63. The minimum absolute atomic E-state index is 0.212. The maximum atomic E-state index is 14.0. The number of nitrogens with one attached hydrogen (secondary N) is 2. The minimum Gasteiger partial charge on any atom is -0.497 e. The van der Waals surface area contributed by atoms with Crippen LogP contribution < -0.4 is 15.4 Å². The third kappa shape index (κ3) is 3.09. The van der Waals surface area contributed by atoms with Crippen LogP contribution in [-0.2, 0) is 0 Å². The quantitative estimate of drug-likeness (QED) is 0.562. The van der Waals surface area contributed by atoms with E-state index >= 15 is 0 Å². The van der Waals surface area contributed by atoms with Crippen LogP contribution in [0.4, 0.5) is 27.4 Å². The number of hydrogen-bond acceptors (Lipinski definition) is 8. The molecule has 4 aromatic rings. The lowest BCUT2D eigenvalue weighted by Gasteiger charge is -2.12. The van der Waals surface area contributed by atoms with Gasteiger partial charge in [0.15, 0.2) is 11.6 Å². The molecule has 130 valence electrons. The Hall–Kier alpha value is -3.75. The number of rotatable bonds is 5. The molecule has 0 unspecified atom stereocenters. The van der Waals surface area contributed by atoms with Gasteiger partial charge in [-0.3, -0.25) is 0 Å². The molecular formula is C17H13FN6O2. The summed E-state index contributed by atoms with van der Waals surface area (Å²) in [6, 6.07) is 13.5. The second-order valence-electron chi connectivity index (χ2n) is 5.29. The van der Waals surface area contributed by atoms with E-state index in [1.54, 1.807) is 37.4 Å². The van der Waals surface area contributed by atoms with Gasteiger partial charge in [-0.25, -0.2) is 19.0 Å². The molecule has 9 heteroatoms. The zero-order valence-electron chi connectivity index (χ0n) is 13.6. The van der Waals surface area contributed by atoms with Crippen LogP contribution in [-0.4, -0.2) is 27.4 Å². The molecule has 0 amide bonds. The van der Waals surface area contributed by atoms with Gasteiger partial charge in [-0.05, 0) is 46.7 Å². The summed E-state index contributed by atoms with van der Waals surface area (Å²) in [6.45, 7) is 0. The second-order valence-corrected chi connectivity index (χ2v) is 5.29. The van der Waals surface area contributed by atoms with E-state index in [1.807, 2.05) is 12.1 Å². The standard InChI is InChI=1S/C17H13FN6O2/c1-25-11-8-6-10(7-9-11)19-14-15(20-13-5-3-2-4-12(13)18)22-17-16(21-14)23-26-24-17/h2-9H,1H3,(H,19,21,23)(H,20,22,24). The SMILES string of the molecule is COc1ccc(Nc2nc3nonc3nc2Nc2ccccc2F)cc1. The fourth-order valence-electron chi connectivity index (χ4n) is 2.31. The molecule has 0 saturated carbocycles. The van der Waals surface area contributed by atoms with Crippen molar-refractivity contribution in [2.24, 2.45) is 0 Å². The number of ether oxygens (including phenoxy) is 1. The van der Waals surface area contributed by atoms with Crippen LogP contribution in [0.5, 0.6) is 5.75 Å². The van der Waals surface area contributed by atoms with Crippen molar-refractivity contribution >= 4 is 34.3 Å². The van der Waals surface area contributed by atoms with Crippen molar-refractivity contribution in [3.8, 4) is 5.75 Å². The molecule has 26 heavy (non-hydrogen) atoms. The van der Waals surface area contributed by atoms with Crippen LogP contribution in [0, 0.1) is 5.82 Å². The number of benzene rings is 2. The molecule has 2 aromatic carbocycles. The summed E-state index contributed by atoms with van der Waals surface area (Å²) < 4.78 is 23.8. The van der Waals surface area contributed by atoms with Crippen molar-refractivity contribution in [2.45, 2.75) is 0 Å². The summed E-state index contributed by atoms with van der Waals surface area (Å²) in [4.78, 5) is 8.65. The van der Waals surface area contributed by atoms with Crippen LogP contribution in [0.2, 0.25) is 0 Å². The van der Waals surface area contributed by atoms with E-state index in [1.165, 1.54) is 6.07 Å². The van der Waals surface area contributed by atoms with Crippen molar-refractivity contribution in [2.75, 3.05) is 17.7 Å². The van der Waals surface area contributed by atoms with Gasteiger partial charge in [0.25, 0.3) is 0 Å². The number of halogens is 1. The van der Waals surface area contributed by atoms with E-state index in [2.05, 4.69) is 35.5 Å². The average molecular weight is 352 g/mol. The smallest absolute Gasteiger partial charge is 0.245 e. The van der Waals surface area contributed by atoms with Crippen LogP contribution in [0.3, 0.4) is 0 Å². The summed E-state index contributed by atoms with van der Waals surface area (Å²) >= 11 is 0. The number of aromatic nitrogens is 4. The van der Waals surface area contributed by atoms with E-state index in [4.69, 9.17) is 4.74 Å². The third-order valence-corrected chi connectivity index (χ3v) is 3.59. The van der Waals surface area contributed by atoms with Crippen molar-refractivity contribution in [3.05, 3.63) is 54.3 Å². The van der Waals surface area contributed by atoms with Gasteiger partial charge in [-0.15, -0.1) is 0 Å². The molecule has 0 atom stereocenters. The van der Waals surface area contributed by atoms with Crippen molar-refractivity contribution in [3.63, 3.8) is 0 Å². The highest BCUT2D eigenvalue weighted by Gasteiger charge is 2.14. The number of fused-ring (bicyclic) bond motifs is 1. The summed E-state index contributed by atoms with van der Waals surface area (Å²) in [5.74, 6) is 0.946. The Morgan fingerprint density at radius 1 is 0.885 bits per heavy atom. The molecule has 4 rings (SSSR count). The number of para-hydroxylation sites is 1. The molecule has 0 aliphatic rings. The average Bonchev–Trinajstić information content (AvgIpc) is 3.11. The first-order chi connectivity index (χ1) is 12.7. The molecule has 0 fully saturated rings. The highest BCUT2D eigenvalue weighted by molar-refractivity contribution is 5.79. The van der Waals surface area contributed by atoms with Gasteiger partial charge in [0.05, 0.1) is 12.8 Å². The Morgan fingerprint density at radius 3 is 2.19 bits per heavy atom. The molecule has 0 spiro atoms. The van der Waals surface area contributed by atoms with Crippen molar-refractivity contribution in [1.29, 1.82) is 0 Å². The van der Waals surface area contributed by atoms with E-state index in [-0.39, 0.29) is 22.8 Å². The Kier molecular flexibility index (Phi) is 4.02. The van der Waals surface area contributed by atoms with E-state index in [0.717, 1.165) is 11.4 Å².